The first kappa shape index (κ1) is 12.9. The molecule has 5 heteroatoms. The van der Waals surface area contributed by atoms with Crippen LogP contribution in [0.3, 0.4) is 0 Å². The normalized spacial score (nSPS) is 21.4. The van der Waals surface area contributed by atoms with Crippen molar-refractivity contribution in [1.82, 2.24) is 5.32 Å². The van der Waals surface area contributed by atoms with Crippen molar-refractivity contribution in [2.75, 3.05) is 6.54 Å². The Hall–Kier alpha value is -1.55. The van der Waals surface area contributed by atoms with Gasteiger partial charge in [-0.25, -0.2) is 0 Å². The van der Waals surface area contributed by atoms with E-state index in [1.54, 1.807) is 0 Å². The van der Waals surface area contributed by atoms with E-state index in [0.29, 0.717) is 5.02 Å². The maximum absolute atomic E-state index is 11.7. The smallest absolute Gasteiger partial charge is 0.305 e. The van der Waals surface area contributed by atoms with E-state index in [-0.39, 0.29) is 30.7 Å². The lowest BCUT2D eigenvalue weighted by molar-refractivity contribution is -0.136. The molecule has 0 radical (unpaired) electrons. The monoisotopic (exact) mass is 267 g/mol. The number of halogens is 1. The van der Waals surface area contributed by atoms with Gasteiger partial charge in [-0.1, -0.05) is 29.8 Å². The number of carbonyl (C=O) groups excluding carboxylic acids is 1. The lowest BCUT2D eigenvalue weighted by Gasteiger charge is -2.04. The van der Waals surface area contributed by atoms with Crippen LogP contribution in [0.2, 0.25) is 5.02 Å². The molecule has 96 valence electrons. The number of nitrogens with one attached hydrogen (secondary N) is 1. The van der Waals surface area contributed by atoms with Gasteiger partial charge < -0.3 is 10.4 Å². The Morgan fingerprint density at radius 1 is 1.39 bits per heavy atom. The fourth-order valence-corrected chi connectivity index (χ4v) is 2.30. The van der Waals surface area contributed by atoms with Crippen molar-refractivity contribution in [2.24, 2.45) is 5.92 Å². The summed E-state index contributed by atoms with van der Waals surface area (Å²) in [6, 6.07) is 7.50. The predicted octanol–water partition coefficient (Wildman–Crippen LogP) is 2.03. The summed E-state index contributed by atoms with van der Waals surface area (Å²) < 4.78 is 0. The Labute approximate surface area is 110 Å². The molecule has 1 aliphatic rings. The van der Waals surface area contributed by atoms with E-state index in [2.05, 4.69) is 5.32 Å². The van der Waals surface area contributed by atoms with Crippen LogP contribution in [0.15, 0.2) is 24.3 Å². The van der Waals surface area contributed by atoms with Gasteiger partial charge >= 0.3 is 5.97 Å². The van der Waals surface area contributed by atoms with Gasteiger partial charge in [-0.05, 0) is 24.0 Å². The van der Waals surface area contributed by atoms with Crippen LogP contribution in [0.1, 0.15) is 24.3 Å². The van der Waals surface area contributed by atoms with Crippen molar-refractivity contribution < 1.29 is 14.7 Å². The summed E-state index contributed by atoms with van der Waals surface area (Å²) in [5.41, 5.74) is 0.998. The highest BCUT2D eigenvalue weighted by molar-refractivity contribution is 6.31. The Balaban J connectivity index is 1.86. The molecule has 2 atom stereocenters. The molecule has 1 saturated carbocycles. The molecule has 2 N–H and O–H groups in total. The van der Waals surface area contributed by atoms with Crippen molar-refractivity contribution in [1.29, 1.82) is 0 Å². The number of amides is 1. The molecule has 1 aliphatic carbocycles. The van der Waals surface area contributed by atoms with E-state index in [4.69, 9.17) is 16.7 Å². The van der Waals surface area contributed by atoms with Gasteiger partial charge in [-0.15, -0.1) is 0 Å². The topological polar surface area (TPSA) is 66.4 Å². The van der Waals surface area contributed by atoms with Crippen LogP contribution >= 0.6 is 11.6 Å². The van der Waals surface area contributed by atoms with Gasteiger partial charge in [-0.3, -0.25) is 9.59 Å². The van der Waals surface area contributed by atoms with Gasteiger partial charge in [0.1, 0.15) is 0 Å². The maximum atomic E-state index is 11.7. The minimum absolute atomic E-state index is 0.0464. The zero-order chi connectivity index (χ0) is 13.1. The Morgan fingerprint density at radius 2 is 2.11 bits per heavy atom. The largest absolute Gasteiger partial charge is 0.481 e. The van der Waals surface area contributed by atoms with E-state index in [0.717, 1.165) is 12.0 Å². The number of hydrogen-bond acceptors (Lipinski definition) is 2. The molecule has 18 heavy (non-hydrogen) atoms. The summed E-state index contributed by atoms with van der Waals surface area (Å²) in [4.78, 5) is 22.1. The maximum Gasteiger partial charge on any atom is 0.305 e. The van der Waals surface area contributed by atoms with E-state index in [1.165, 1.54) is 0 Å². The lowest BCUT2D eigenvalue weighted by Crippen LogP contribution is -2.27. The van der Waals surface area contributed by atoms with E-state index in [1.807, 2.05) is 24.3 Å². The van der Waals surface area contributed by atoms with Crippen molar-refractivity contribution >= 4 is 23.5 Å². The number of carboxylic acids is 1. The number of carbonyl (C=O) groups is 2. The zero-order valence-corrected chi connectivity index (χ0v) is 10.5. The molecule has 4 nitrogen and oxygen atoms in total. The number of hydrogen-bond donors (Lipinski definition) is 2. The molecule has 0 spiro atoms. The number of aliphatic carboxylic acids is 1. The second-order valence-electron chi connectivity index (χ2n) is 4.40. The van der Waals surface area contributed by atoms with Crippen molar-refractivity contribution in [2.45, 2.75) is 18.8 Å². The molecule has 1 aromatic rings. The van der Waals surface area contributed by atoms with E-state index < -0.39 is 5.97 Å². The van der Waals surface area contributed by atoms with Crippen LogP contribution in [-0.2, 0) is 9.59 Å². The molecular weight excluding hydrogens is 254 g/mol. The number of carboxylic acid groups (broad SMARTS) is 1. The number of benzene rings is 1. The molecule has 0 aromatic heterocycles. The van der Waals surface area contributed by atoms with Crippen LogP contribution < -0.4 is 5.32 Å². The SMILES string of the molecule is O=C(O)CCNC(=O)[C@H]1C[C@@H]1c1ccccc1Cl. The van der Waals surface area contributed by atoms with Gasteiger partial charge in [0.05, 0.1) is 6.42 Å². The van der Waals surface area contributed by atoms with Crippen molar-refractivity contribution in [3.63, 3.8) is 0 Å². The van der Waals surface area contributed by atoms with Gasteiger partial charge in [0, 0.05) is 17.5 Å². The van der Waals surface area contributed by atoms with Gasteiger partial charge in [0.25, 0.3) is 0 Å². The van der Waals surface area contributed by atoms with Crippen LogP contribution in [0, 0.1) is 5.92 Å². The molecule has 1 amide bonds. The summed E-state index contributed by atoms with van der Waals surface area (Å²) in [5, 5.41) is 11.8. The van der Waals surface area contributed by atoms with Crippen LogP contribution in [0.5, 0.6) is 0 Å². The average molecular weight is 268 g/mol. The zero-order valence-electron chi connectivity index (χ0n) is 9.73. The summed E-state index contributed by atoms with van der Waals surface area (Å²) in [6.45, 7) is 0.180. The van der Waals surface area contributed by atoms with Gasteiger partial charge in [0.15, 0.2) is 0 Å². The third kappa shape index (κ3) is 3.01. The second kappa shape index (κ2) is 5.40. The minimum atomic E-state index is -0.909. The molecular formula is C13H14ClNO3. The predicted molar refractivity (Wildman–Crippen MR) is 67.6 cm³/mol. The Bertz CT molecular complexity index is 475. The van der Waals surface area contributed by atoms with E-state index >= 15 is 0 Å². The summed E-state index contributed by atoms with van der Waals surface area (Å²) in [7, 11) is 0. The highest BCUT2D eigenvalue weighted by Gasteiger charge is 2.44. The highest BCUT2D eigenvalue weighted by Crippen LogP contribution is 2.49. The molecule has 1 fully saturated rings. The molecule has 1 aromatic carbocycles. The average Bonchev–Trinajstić information content (AvgIpc) is 3.09. The van der Waals surface area contributed by atoms with Crippen LogP contribution in [0.25, 0.3) is 0 Å². The molecule has 0 bridgehead atoms. The van der Waals surface area contributed by atoms with Crippen molar-refractivity contribution in [3.8, 4) is 0 Å². The molecule has 2 rings (SSSR count). The molecule has 0 unspecified atom stereocenters. The van der Waals surface area contributed by atoms with Crippen LogP contribution in [0.4, 0.5) is 0 Å². The molecule has 0 saturated heterocycles. The Morgan fingerprint density at radius 3 is 2.78 bits per heavy atom. The van der Waals surface area contributed by atoms with Crippen molar-refractivity contribution in [3.05, 3.63) is 34.9 Å². The first-order valence-electron chi connectivity index (χ1n) is 5.83. The third-order valence-electron chi connectivity index (χ3n) is 3.07. The third-order valence-corrected chi connectivity index (χ3v) is 3.41. The standard InChI is InChI=1S/C13H14ClNO3/c14-11-4-2-1-3-8(11)9-7-10(9)13(18)15-6-5-12(16)17/h1-4,9-10H,5-7H2,(H,15,18)(H,16,17)/t9-,10+/m1/s1. The number of rotatable bonds is 5. The quantitative estimate of drug-likeness (QED) is 0.858. The first-order valence-corrected chi connectivity index (χ1v) is 6.21. The summed E-state index contributed by atoms with van der Waals surface area (Å²) in [6.07, 6.45) is 0.734. The molecule has 0 heterocycles. The summed E-state index contributed by atoms with van der Waals surface area (Å²) >= 11 is 6.07. The minimum Gasteiger partial charge on any atom is -0.481 e. The van der Waals surface area contributed by atoms with E-state index in [9.17, 15) is 9.59 Å². The van der Waals surface area contributed by atoms with Crippen LogP contribution in [-0.4, -0.2) is 23.5 Å². The lowest BCUT2D eigenvalue weighted by atomic mass is 10.1. The van der Waals surface area contributed by atoms with Gasteiger partial charge in [0.2, 0.25) is 5.91 Å². The summed E-state index contributed by atoms with van der Waals surface area (Å²) in [5.74, 6) is -0.892. The fraction of sp³-hybridized carbons (Fsp3) is 0.385. The first-order chi connectivity index (χ1) is 8.59. The van der Waals surface area contributed by atoms with Gasteiger partial charge in [-0.2, -0.15) is 0 Å². The highest BCUT2D eigenvalue weighted by atomic mass is 35.5. The Kier molecular flexibility index (Phi) is 3.87. The second-order valence-corrected chi connectivity index (χ2v) is 4.81. The molecule has 0 aliphatic heterocycles. The fourth-order valence-electron chi connectivity index (χ4n) is 2.03.